The number of hydrogen-bond donors (Lipinski definition) is 1. The fraction of sp³-hybridized carbons (Fsp3) is 0.649. The number of unbranched alkanes of at least 4 members (excludes halogenated alkanes) is 14. The van der Waals surface area contributed by atoms with Crippen molar-refractivity contribution in [2.24, 2.45) is 5.18 Å². The third-order valence-electron chi connectivity index (χ3n) is 8.23. The molecule has 0 bridgehead atoms. The highest BCUT2D eigenvalue weighted by Gasteiger charge is 2.20. The summed E-state index contributed by atoms with van der Waals surface area (Å²) < 4.78 is 0. The number of nitrogens with one attached hydrogen (secondary N) is 1. The van der Waals surface area contributed by atoms with Gasteiger partial charge in [-0.25, -0.2) is 0 Å². The minimum absolute atomic E-state index is 0.0759. The number of fused-ring (bicyclic) bond motifs is 1. The van der Waals surface area contributed by atoms with Crippen LogP contribution in [0.1, 0.15) is 160 Å². The van der Waals surface area contributed by atoms with Gasteiger partial charge in [-0.3, -0.25) is 4.79 Å². The normalized spacial score (nSPS) is 12.1. The topological polar surface area (TPSA) is 58.5 Å². The van der Waals surface area contributed by atoms with Crippen LogP contribution < -0.4 is 5.32 Å². The quantitative estimate of drug-likeness (QED) is 0.121. The van der Waals surface area contributed by atoms with Gasteiger partial charge in [0.15, 0.2) is 0 Å². The van der Waals surface area contributed by atoms with Crippen LogP contribution in [0, 0.1) is 11.8 Å². The molecule has 0 aliphatic heterocycles. The van der Waals surface area contributed by atoms with Crippen LogP contribution in [0.4, 0.5) is 5.69 Å². The van der Waals surface area contributed by atoms with Crippen LogP contribution in [0.25, 0.3) is 17.2 Å². The Kier molecular flexibility index (Phi) is 16.0. The molecule has 0 radical (unpaired) electrons. The van der Waals surface area contributed by atoms with E-state index in [0.717, 1.165) is 40.8 Å². The predicted molar refractivity (Wildman–Crippen MR) is 179 cm³/mol. The molecule has 0 spiro atoms. The Morgan fingerprint density at radius 1 is 0.854 bits per heavy atom. The largest absolute Gasteiger partial charge is 0.325 e. The minimum Gasteiger partial charge on any atom is -0.325 e. The first-order valence-electron chi connectivity index (χ1n) is 16.6. The summed E-state index contributed by atoms with van der Waals surface area (Å²) in [5.74, 6) is 0.458. The lowest BCUT2D eigenvalue weighted by atomic mass is 9.99. The molecule has 41 heavy (non-hydrogen) atoms. The van der Waals surface area contributed by atoms with E-state index in [1.807, 2.05) is 18.2 Å². The van der Waals surface area contributed by atoms with Gasteiger partial charge in [-0.2, -0.15) is 0 Å². The van der Waals surface area contributed by atoms with Crippen LogP contribution in [0.3, 0.4) is 0 Å². The van der Waals surface area contributed by atoms with Crippen molar-refractivity contribution in [2.75, 3.05) is 5.32 Å². The Balaban J connectivity index is 1.81. The highest BCUT2D eigenvalue weighted by atomic mass is 16.3. The van der Waals surface area contributed by atoms with E-state index in [1.54, 1.807) is 13.8 Å². The van der Waals surface area contributed by atoms with E-state index < -0.39 is 5.54 Å². The smallest absolute Gasteiger partial charge is 0.224 e. The highest BCUT2D eigenvalue weighted by Crippen LogP contribution is 2.41. The first-order valence-corrected chi connectivity index (χ1v) is 16.6. The fourth-order valence-corrected chi connectivity index (χ4v) is 5.48. The van der Waals surface area contributed by atoms with E-state index >= 15 is 0 Å². The summed E-state index contributed by atoms with van der Waals surface area (Å²) in [5.41, 5.74) is 5.60. The van der Waals surface area contributed by atoms with Crippen LogP contribution in [-0.2, 0) is 4.79 Å². The number of carbonyl (C=O) groups excluding carboxylic acids is 1. The van der Waals surface area contributed by atoms with Crippen LogP contribution >= 0.6 is 0 Å². The monoisotopic (exact) mass is 562 g/mol. The zero-order valence-electron chi connectivity index (χ0n) is 27.1. The maximum Gasteiger partial charge on any atom is 0.224 e. The Morgan fingerprint density at radius 3 is 1.90 bits per heavy atom. The van der Waals surface area contributed by atoms with Gasteiger partial charge in [0.25, 0.3) is 0 Å². The van der Waals surface area contributed by atoms with Crippen molar-refractivity contribution in [3.8, 4) is 11.1 Å². The summed E-state index contributed by atoms with van der Waals surface area (Å²) in [6.07, 6.45) is 24.1. The average molecular weight is 563 g/mol. The molecule has 2 aliphatic carbocycles. The number of aryl methyl sites for hydroxylation is 1. The van der Waals surface area contributed by atoms with Gasteiger partial charge in [0, 0.05) is 17.7 Å². The van der Waals surface area contributed by atoms with E-state index in [4.69, 9.17) is 0 Å². The third kappa shape index (κ3) is 12.9. The third-order valence-corrected chi connectivity index (χ3v) is 8.23. The summed E-state index contributed by atoms with van der Waals surface area (Å²) >= 11 is 0. The molecule has 1 amide bonds. The summed E-state index contributed by atoms with van der Waals surface area (Å²) in [6, 6.07) is 8.58. The Hall–Kier alpha value is -2.49. The molecule has 0 fully saturated rings. The number of amides is 1. The van der Waals surface area contributed by atoms with Gasteiger partial charge in [0.1, 0.15) is 5.54 Å². The van der Waals surface area contributed by atoms with Gasteiger partial charge in [-0.1, -0.05) is 146 Å². The number of carbonyl (C=O) groups is 1. The summed E-state index contributed by atoms with van der Waals surface area (Å²) in [5, 5.41) is 6.44. The van der Waals surface area contributed by atoms with Crippen LogP contribution in [0.2, 0.25) is 0 Å². The molecule has 2 rings (SSSR count). The second-order valence-electron chi connectivity index (χ2n) is 12.9. The Labute approximate surface area is 251 Å². The molecule has 228 valence electrons. The van der Waals surface area contributed by atoms with Gasteiger partial charge in [-0.05, 0) is 61.4 Å². The first kappa shape index (κ1) is 34.7. The first-order chi connectivity index (χ1) is 19.7. The number of rotatable bonds is 21. The molecule has 0 aromatic heterocycles. The molecule has 0 saturated heterocycles. The lowest BCUT2D eigenvalue weighted by Crippen LogP contribution is -2.11. The van der Waals surface area contributed by atoms with E-state index in [2.05, 4.69) is 56.4 Å². The molecule has 0 aromatic carbocycles. The predicted octanol–water partition coefficient (Wildman–Crippen LogP) is 12.0. The van der Waals surface area contributed by atoms with E-state index in [9.17, 15) is 9.70 Å². The van der Waals surface area contributed by atoms with Gasteiger partial charge >= 0.3 is 0 Å². The second-order valence-corrected chi connectivity index (χ2v) is 12.9. The highest BCUT2D eigenvalue weighted by molar-refractivity contribution is 6.00. The van der Waals surface area contributed by atoms with E-state index in [-0.39, 0.29) is 5.91 Å². The summed E-state index contributed by atoms with van der Waals surface area (Å²) in [7, 11) is 0. The lowest BCUT2D eigenvalue weighted by Gasteiger charge is -2.09. The summed E-state index contributed by atoms with van der Waals surface area (Å²) in [6.45, 7) is 12.3. The fourth-order valence-electron chi connectivity index (χ4n) is 5.48. The maximum absolute atomic E-state index is 12.9. The van der Waals surface area contributed by atoms with E-state index in [0.29, 0.717) is 12.3 Å². The molecule has 2 aliphatic rings. The van der Waals surface area contributed by atoms with Crippen molar-refractivity contribution < 1.29 is 4.79 Å². The molecule has 4 nitrogen and oxygen atoms in total. The molecule has 1 N–H and O–H groups in total. The average Bonchev–Trinajstić information content (AvgIpc) is 3.17. The number of nitroso groups, excluding NO2 is 1. The molecule has 0 saturated carbocycles. The van der Waals surface area contributed by atoms with Gasteiger partial charge in [0.05, 0.1) is 0 Å². The second kappa shape index (κ2) is 18.8. The Bertz CT molecular complexity index is 1050. The molecule has 0 unspecified atom stereocenters. The van der Waals surface area contributed by atoms with Crippen LogP contribution in [-0.4, -0.2) is 11.4 Å². The standard InChI is InChI=1S/C37H58N2O2/c1-7-8-9-10-11-12-13-14-15-16-17-18-19-20-21-22-35(40)38-34-28-32(25-26-37(5,6)39-41)33-27-31(29(2)3)24-23-30(4)36(33)34/h23-29H,7-22H2,1-6H3,(H,38,40). The van der Waals surface area contributed by atoms with E-state index in [1.165, 1.54) is 89.0 Å². The van der Waals surface area contributed by atoms with Crippen molar-refractivity contribution in [2.45, 2.75) is 156 Å². The molecule has 4 heteroatoms. The number of anilines is 1. The van der Waals surface area contributed by atoms with Gasteiger partial charge in [-0.15, -0.1) is 4.91 Å². The van der Waals surface area contributed by atoms with Gasteiger partial charge < -0.3 is 5.32 Å². The van der Waals surface area contributed by atoms with Crippen molar-refractivity contribution in [3.63, 3.8) is 0 Å². The number of hydrogen-bond acceptors (Lipinski definition) is 3. The zero-order chi connectivity index (χ0) is 30.1. The molecular weight excluding hydrogens is 504 g/mol. The van der Waals surface area contributed by atoms with Crippen molar-refractivity contribution >= 4 is 17.7 Å². The lowest BCUT2D eigenvalue weighted by molar-refractivity contribution is -0.116. The maximum atomic E-state index is 12.9. The van der Waals surface area contributed by atoms with Gasteiger partial charge in [0.2, 0.25) is 5.91 Å². The zero-order valence-corrected chi connectivity index (χ0v) is 27.1. The van der Waals surface area contributed by atoms with Crippen LogP contribution in [0.5, 0.6) is 0 Å². The van der Waals surface area contributed by atoms with Crippen molar-refractivity contribution in [1.29, 1.82) is 0 Å². The van der Waals surface area contributed by atoms with Crippen molar-refractivity contribution in [3.05, 3.63) is 51.9 Å². The molecule has 0 heterocycles. The molecular formula is C37H58N2O2. The SMILES string of the molecule is CCCCCCCCCCCCCCCCCC(=O)Nc1cc(C=CC(C)(C)N=O)c2cc(C(C)C)ccc(C)c1-2. The van der Waals surface area contributed by atoms with Crippen LogP contribution in [0.15, 0.2) is 35.5 Å². The molecule has 0 aromatic rings. The van der Waals surface area contributed by atoms with Crippen molar-refractivity contribution in [1.82, 2.24) is 0 Å². The Morgan fingerprint density at radius 2 is 1.39 bits per heavy atom. The minimum atomic E-state index is -0.784. The number of nitrogens with zero attached hydrogens (tertiary/aromatic N) is 1. The molecule has 0 atom stereocenters. The summed E-state index contributed by atoms with van der Waals surface area (Å²) in [4.78, 5) is 24.2.